The number of carboxylic acids is 1. The van der Waals surface area contributed by atoms with Gasteiger partial charge in [0, 0.05) is 13.1 Å². The molecular weight excluding hydrogens is 224 g/mol. The largest absolute Gasteiger partial charge is 0.482 e. The van der Waals surface area contributed by atoms with Crippen molar-refractivity contribution in [3.63, 3.8) is 0 Å². The van der Waals surface area contributed by atoms with Crippen LogP contribution in [0, 0.1) is 0 Å². The molecule has 1 aromatic heterocycles. The monoisotopic (exact) mass is 238 g/mol. The van der Waals surface area contributed by atoms with Crippen molar-refractivity contribution in [3.05, 3.63) is 11.9 Å². The summed E-state index contributed by atoms with van der Waals surface area (Å²) in [5.41, 5.74) is -0.244. The molecule has 0 unspecified atom stereocenters. The van der Waals surface area contributed by atoms with Crippen LogP contribution in [0.15, 0.2) is 6.20 Å². The number of hydrogen-bond acceptors (Lipinski definition) is 3. The van der Waals surface area contributed by atoms with Crippen LogP contribution in [0.3, 0.4) is 0 Å². The third-order valence-corrected chi connectivity index (χ3v) is 2.61. The normalized spacial score (nSPS) is 17.2. The van der Waals surface area contributed by atoms with Crippen molar-refractivity contribution >= 4 is 17.6 Å². The Balaban J connectivity index is 2.56. The Morgan fingerprint density at radius 2 is 2.18 bits per heavy atom. The molecule has 0 saturated heterocycles. The molecule has 2 N–H and O–H groups in total. The Kier molecular flexibility index (Phi) is 2.38. The molecule has 1 aliphatic rings. The lowest BCUT2D eigenvalue weighted by atomic mass is 10.1. The molecule has 0 aliphatic carbocycles. The van der Waals surface area contributed by atoms with E-state index in [-0.39, 0.29) is 11.6 Å². The second kappa shape index (κ2) is 3.51. The van der Waals surface area contributed by atoms with Crippen LogP contribution in [0.5, 0.6) is 5.75 Å². The first-order valence-corrected chi connectivity index (χ1v) is 5.23. The van der Waals surface area contributed by atoms with E-state index >= 15 is 0 Å². The summed E-state index contributed by atoms with van der Waals surface area (Å²) in [6.07, 6.45) is 1.47. The minimum atomic E-state index is -1.11. The molecule has 92 valence electrons. The zero-order valence-corrected chi connectivity index (χ0v) is 9.90. The predicted octanol–water partition coefficient (Wildman–Crippen LogP) is 1.24. The van der Waals surface area contributed by atoms with Crippen LogP contribution in [-0.2, 0) is 4.79 Å². The highest BCUT2D eigenvalue weighted by Gasteiger charge is 2.37. The molecule has 1 aromatic rings. The van der Waals surface area contributed by atoms with Crippen LogP contribution in [0.4, 0.5) is 5.69 Å². The van der Waals surface area contributed by atoms with E-state index in [0.717, 1.165) is 0 Å². The average molecular weight is 238 g/mol. The van der Waals surface area contributed by atoms with Gasteiger partial charge in [0.05, 0.1) is 6.54 Å². The summed E-state index contributed by atoms with van der Waals surface area (Å²) < 4.78 is 5.64. The molecule has 1 aliphatic heterocycles. The van der Waals surface area contributed by atoms with Crippen molar-refractivity contribution in [1.82, 2.24) is 4.98 Å². The number of carbonyl (C=O) groups is 2. The van der Waals surface area contributed by atoms with Crippen molar-refractivity contribution in [2.75, 3.05) is 11.4 Å². The van der Waals surface area contributed by atoms with Gasteiger partial charge >= 0.3 is 5.97 Å². The van der Waals surface area contributed by atoms with Gasteiger partial charge in [0.2, 0.25) is 5.91 Å². The SMILES string of the molecule is CC(=O)N1CC(C)(C)Oc2c[nH]c(C(=O)O)c21. The second-order valence-electron chi connectivity index (χ2n) is 4.65. The van der Waals surface area contributed by atoms with E-state index < -0.39 is 11.6 Å². The quantitative estimate of drug-likeness (QED) is 0.771. The molecule has 0 aromatic carbocycles. The molecule has 0 fully saturated rings. The van der Waals surface area contributed by atoms with E-state index in [1.807, 2.05) is 13.8 Å². The predicted molar refractivity (Wildman–Crippen MR) is 60.5 cm³/mol. The number of aromatic nitrogens is 1. The van der Waals surface area contributed by atoms with Gasteiger partial charge in [-0.3, -0.25) is 4.79 Å². The summed E-state index contributed by atoms with van der Waals surface area (Å²) in [7, 11) is 0. The summed E-state index contributed by atoms with van der Waals surface area (Å²) in [4.78, 5) is 26.7. The Hall–Kier alpha value is -1.98. The maximum absolute atomic E-state index is 11.6. The van der Waals surface area contributed by atoms with Gasteiger partial charge in [-0.25, -0.2) is 4.79 Å². The molecule has 0 bridgehead atoms. The van der Waals surface area contributed by atoms with E-state index in [2.05, 4.69) is 4.98 Å². The van der Waals surface area contributed by atoms with Crippen molar-refractivity contribution in [2.45, 2.75) is 26.4 Å². The standard InChI is InChI=1S/C11H14N2O4/c1-6(14)13-5-11(2,3)17-7-4-12-8(9(7)13)10(15)16/h4,12H,5H2,1-3H3,(H,15,16). The van der Waals surface area contributed by atoms with Gasteiger partial charge in [-0.15, -0.1) is 0 Å². The van der Waals surface area contributed by atoms with Gasteiger partial charge in [0.1, 0.15) is 11.3 Å². The number of aromatic amines is 1. The Labute approximate surface area is 98.2 Å². The molecular formula is C11H14N2O4. The summed E-state index contributed by atoms with van der Waals surface area (Å²) >= 11 is 0. The topological polar surface area (TPSA) is 82.6 Å². The number of amides is 1. The summed E-state index contributed by atoms with van der Waals surface area (Å²) in [5, 5.41) is 9.03. The number of fused-ring (bicyclic) bond motifs is 1. The van der Waals surface area contributed by atoms with Gasteiger partial charge in [-0.05, 0) is 13.8 Å². The number of carboxylic acid groups (broad SMARTS) is 1. The number of carbonyl (C=O) groups excluding carboxylic acids is 1. The lowest BCUT2D eigenvalue weighted by molar-refractivity contribution is -0.117. The van der Waals surface area contributed by atoms with Crippen molar-refractivity contribution < 1.29 is 19.4 Å². The molecule has 2 rings (SSSR count). The Bertz CT molecular complexity index is 490. The van der Waals surface area contributed by atoms with E-state index in [0.29, 0.717) is 18.0 Å². The van der Waals surface area contributed by atoms with Crippen molar-refractivity contribution in [1.29, 1.82) is 0 Å². The van der Waals surface area contributed by atoms with Crippen LogP contribution in [0.25, 0.3) is 0 Å². The van der Waals surface area contributed by atoms with Gasteiger partial charge in [0.25, 0.3) is 0 Å². The molecule has 2 heterocycles. The van der Waals surface area contributed by atoms with Crippen molar-refractivity contribution in [2.24, 2.45) is 0 Å². The van der Waals surface area contributed by atoms with Gasteiger partial charge < -0.3 is 19.7 Å². The number of hydrogen-bond donors (Lipinski definition) is 2. The molecule has 0 atom stereocenters. The van der Waals surface area contributed by atoms with E-state index in [9.17, 15) is 9.59 Å². The number of nitrogens with one attached hydrogen (secondary N) is 1. The molecule has 1 amide bonds. The molecule has 6 nitrogen and oxygen atoms in total. The number of H-pyrrole nitrogens is 1. The summed E-state index contributed by atoms with van der Waals surface area (Å²) in [6, 6.07) is 0. The van der Waals surface area contributed by atoms with Gasteiger partial charge in [-0.2, -0.15) is 0 Å². The molecule has 0 radical (unpaired) electrons. The highest BCUT2D eigenvalue weighted by atomic mass is 16.5. The van der Waals surface area contributed by atoms with Crippen LogP contribution in [-0.4, -0.2) is 34.1 Å². The number of nitrogens with zero attached hydrogens (tertiary/aromatic N) is 1. The van der Waals surface area contributed by atoms with E-state index in [1.165, 1.54) is 18.0 Å². The second-order valence-corrected chi connectivity index (χ2v) is 4.65. The third-order valence-electron chi connectivity index (χ3n) is 2.61. The maximum Gasteiger partial charge on any atom is 0.354 e. The highest BCUT2D eigenvalue weighted by Crippen LogP contribution is 2.39. The number of anilines is 1. The highest BCUT2D eigenvalue weighted by molar-refractivity contribution is 6.02. The first-order valence-electron chi connectivity index (χ1n) is 5.23. The van der Waals surface area contributed by atoms with Crippen molar-refractivity contribution in [3.8, 4) is 5.75 Å². The van der Waals surface area contributed by atoms with Crippen LogP contribution < -0.4 is 9.64 Å². The minimum absolute atomic E-state index is 0.0225. The number of ether oxygens (including phenoxy) is 1. The number of aromatic carboxylic acids is 1. The fourth-order valence-electron chi connectivity index (χ4n) is 1.96. The van der Waals surface area contributed by atoms with E-state index in [4.69, 9.17) is 9.84 Å². The summed E-state index contributed by atoms with van der Waals surface area (Å²) in [5.74, 6) is -0.917. The lowest BCUT2D eigenvalue weighted by Crippen LogP contribution is -2.48. The first-order chi connectivity index (χ1) is 7.82. The molecule has 17 heavy (non-hydrogen) atoms. The zero-order chi connectivity index (χ0) is 12.8. The fraction of sp³-hybridized carbons (Fsp3) is 0.455. The van der Waals surface area contributed by atoms with Crippen LogP contribution in [0.1, 0.15) is 31.3 Å². The smallest absolute Gasteiger partial charge is 0.354 e. The Morgan fingerprint density at radius 1 is 1.53 bits per heavy atom. The zero-order valence-electron chi connectivity index (χ0n) is 9.90. The average Bonchev–Trinajstić information content (AvgIpc) is 2.57. The fourth-order valence-corrected chi connectivity index (χ4v) is 1.96. The first kappa shape index (κ1) is 11.5. The molecule has 0 spiro atoms. The minimum Gasteiger partial charge on any atom is -0.482 e. The third kappa shape index (κ3) is 1.86. The van der Waals surface area contributed by atoms with Gasteiger partial charge in [-0.1, -0.05) is 0 Å². The lowest BCUT2D eigenvalue weighted by Gasteiger charge is -2.37. The van der Waals surface area contributed by atoms with Gasteiger partial charge in [0.15, 0.2) is 11.4 Å². The summed E-state index contributed by atoms with van der Waals surface area (Å²) in [6.45, 7) is 5.43. The van der Waals surface area contributed by atoms with Crippen LogP contribution in [0.2, 0.25) is 0 Å². The van der Waals surface area contributed by atoms with Crippen LogP contribution >= 0.6 is 0 Å². The molecule has 0 saturated carbocycles. The molecule has 6 heteroatoms. The van der Waals surface area contributed by atoms with E-state index in [1.54, 1.807) is 0 Å². The Morgan fingerprint density at radius 3 is 2.71 bits per heavy atom. The number of rotatable bonds is 1. The maximum atomic E-state index is 11.6.